The molecule has 0 radical (unpaired) electrons. The van der Waals surface area contributed by atoms with Crippen LogP contribution < -0.4 is 4.72 Å². The van der Waals surface area contributed by atoms with Crippen molar-refractivity contribution < 1.29 is 18.3 Å². The molecule has 0 aliphatic rings. The molecule has 7 heteroatoms. The summed E-state index contributed by atoms with van der Waals surface area (Å²) in [6.45, 7) is 3.01. The van der Waals surface area contributed by atoms with Gasteiger partial charge in [0.15, 0.2) is 0 Å². The Hall–Kier alpha value is -1.10. The molecule has 0 spiro atoms. The number of carboxylic acid groups (broad SMARTS) is 1. The Morgan fingerprint density at radius 3 is 2.50 bits per heavy atom. The second kappa shape index (κ2) is 6.48. The molecule has 2 N–H and O–H groups in total. The van der Waals surface area contributed by atoms with E-state index in [0.717, 1.165) is 0 Å². The third-order valence-electron chi connectivity index (χ3n) is 1.59. The van der Waals surface area contributed by atoms with Crippen LogP contribution in [-0.4, -0.2) is 43.4 Å². The van der Waals surface area contributed by atoms with Crippen molar-refractivity contribution >= 4 is 16.2 Å². The van der Waals surface area contributed by atoms with E-state index in [9.17, 15) is 13.2 Å². The fourth-order valence-electron chi connectivity index (χ4n) is 0.842. The van der Waals surface area contributed by atoms with E-state index in [1.165, 1.54) is 0 Å². The van der Waals surface area contributed by atoms with Gasteiger partial charge in [-0.25, -0.2) is 4.72 Å². The molecule has 0 rings (SSSR count). The second-order valence-corrected chi connectivity index (χ2v) is 5.37. The molecule has 0 saturated heterocycles. The van der Waals surface area contributed by atoms with Crippen LogP contribution in [0.4, 0.5) is 0 Å². The third kappa shape index (κ3) is 5.70. The summed E-state index contributed by atoms with van der Waals surface area (Å²) in [4.78, 5) is 10.5. The van der Waals surface area contributed by atoms with Crippen LogP contribution in [0.3, 0.4) is 0 Å². The van der Waals surface area contributed by atoms with Crippen LogP contribution >= 0.6 is 0 Å². The topological polar surface area (TPSA) is 86.7 Å². The van der Waals surface area contributed by atoms with Gasteiger partial charge in [0.2, 0.25) is 0 Å². The minimum atomic E-state index is -3.81. The maximum absolute atomic E-state index is 11.6. The van der Waals surface area contributed by atoms with Crippen LogP contribution in [0.1, 0.15) is 13.8 Å². The van der Waals surface area contributed by atoms with Crippen LogP contribution in [0.5, 0.6) is 0 Å². The first-order chi connectivity index (χ1) is 7.29. The quantitative estimate of drug-likeness (QED) is 0.594. The van der Waals surface area contributed by atoms with Gasteiger partial charge in [0.25, 0.3) is 10.2 Å². The maximum Gasteiger partial charge on any atom is 0.318 e. The molecule has 0 saturated carbocycles. The summed E-state index contributed by atoms with van der Waals surface area (Å²) in [7, 11) is -3.81. The largest absolute Gasteiger partial charge is 0.480 e. The summed E-state index contributed by atoms with van der Waals surface area (Å²) in [5.41, 5.74) is 0. The lowest BCUT2D eigenvalue weighted by Crippen LogP contribution is -2.44. The predicted octanol–water partition coefficient (Wildman–Crippen LogP) is -0.503. The van der Waals surface area contributed by atoms with Crippen molar-refractivity contribution in [2.75, 3.05) is 19.6 Å². The van der Waals surface area contributed by atoms with Crippen LogP contribution in [0.25, 0.3) is 0 Å². The highest BCUT2D eigenvalue weighted by atomic mass is 32.2. The molecule has 0 aromatic heterocycles. The molecular formula is C9H16N2O4S. The summed E-state index contributed by atoms with van der Waals surface area (Å²) in [5.74, 6) is 0.997. The molecule has 0 aromatic carbocycles. The van der Waals surface area contributed by atoms with E-state index >= 15 is 0 Å². The van der Waals surface area contributed by atoms with Crippen LogP contribution in [0.15, 0.2) is 0 Å². The highest BCUT2D eigenvalue weighted by Gasteiger charge is 2.23. The van der Waals surface area contributed by atoms with Gasteiger partial charge in [0, 0.05) is 6.54 Å². The smallest absolute Gasteiger partial charge is 0.318 e. The number of rotatable bonds is 7. The van der Waals surface area contributed by atoms with Crippen molar-refractivity contribution in [3.8, 4) is 12.3 Å². The zero-order valence-electron chi connectivity index (χ0n) is 9.30. The molecule has 16 heavy (non-hydrogen) atoms. The number of carboxylic acids is 1. The molecule has 0 aromatic rings. The number of terminal acetylenes is 1. The van der Waals surface area contributed by atoms with E-state index in [4.69, 9.17) is 11.5 Å². The van der Waals surface area contributed by atoms with Crippen LogP contribution in [-0.2, 0) is 15.0 Å². The normalized spacial score (nSPS) is 11.7. The molecule has 0 bridgehead atoms. The van der Waals surface area contributed by atoms with Gasteiger partial charge in [-0.1, -0.05) is 19.8 Å². The monoisotopic (exact) mass is 248 g/mol. The molecule has 0 amide bonds. The number of nitrogens with zero attached hydrogens (tertiary/aromatic N) is 1. The SMILES string of the molecule is C#CCN(CC(=O)O)S(=O)(=O)NCC(C)C. The zero-order chi connectivity index (χ0) is 12.8. The highest BCUT2D eigenvalue weighted by molar-refractivity contribution is 7.87. The summed E-state index contributed by atoms with van der Waals surface area (Å²) in [6.07, 6.45) is 4.98. The highest BCUT2D eigenvalue weighted by Crippen LogP contribution is 1.99. The summed E-state index contributed by atoms with van der Waals surface area (Å²) in [6, 6.07) is 0. The fraction of sp³-hybridized carbons (Fsp3) is 0.667. The van der Waals surface area contributed by atoms with Crippen molar-refractivity contribution in [1.29, 1.82) is 0 Å². The average Bonchev–Trinajstić information content (AvgIpc) is 2.14. The summed E-state index contributed by atoms with van der Waals surface area (Å²) < 4.78 is 26.2. The lowest BCUT2D eigenvalue weighted by Gasteiger charge is -2.18. The van der Waals surface area contributed by atoms with Gasteiger partial charge in [0.05, 0.1) is 6.54 Å². The average molecular weight is 248 g/mol. The Morgan fingerprint density at radius 2 is 2.12 bits per heavy atom. The summed E-state index contributed by atoms with van der Waals surface area (Å²) >= 11 is 0. The molecule has 0 aliphatic heterocycles. The number of nitrogens with one attached hydrogen (secondary N) is 1. The third-order valence-corrected chi connectivity index (χ3v) is 3.06. The predicted molar refractivity (Wildman–Crippen MR) is 59.8 cm³/mol. The number of carbonyl (C=O) groups is 1. The molecule has 0 aliphatic carbocycles. The molecule has 0 fully saturated rings. The maximum atomic E-state index is 11.6. The molecule has 0 atom stereocenters. The van der Waals surface area contributed by atoms with Gasteiger partial charge in [0.1, 0.15) is 6.54 Å². The van der Waals surface area contributed by atoms with Gasteiger partial charge in [-0.05, 0) is 5.92 Å². The number of aliphatic carboxylic acids is 1. The molecule has 0 unspecified atom stereocenters. The first-order valence-corrected chi connectivity index (χ1v) is 6.13. The van der Waals surface area contributed by atoms with E-state index < -0.39 is 22.7 Å². The first-order valence-electron chi connectivity index (χ1n) is 4.69. The van der Waals surface area contributed by atoms with Gasteiger partial charge >= 0.3 is 5.97 Å². The Kier molecular flexibility index (Phi) is 6.03. The van der Waals surface area contributed by atoms with Gasteiger partial charge < -0.3 is 5.11 Å². The van der Waals surface area contributed by atoms with E-state index in [-0.39, 0.29) is 19.0 Å². The van der Waals surface area contributed by atoms with Crippen LogP contribution in [0, 0.1) is 18.3 Å². The number of hydrogen-bond acceptors (Lipinski definition) is 3. The van der Waals surface area contributed by atoms with Crippen LogP contribution in [0.2, 0.25) is 0 Å². The standard InChI is InChI=1S/C9H16N2O4S/c1-4-5-11(7-9(12)13)16(14,15)10-6-8(2)3/h1,8,10H,5-7H2,2-3H3,(H,12,13). The Bertz CT molecular complexity index is 369. The van der Waals surface area contributed by atoms with Crippen molar-refractivity contribution in [3.63, 3.8) is 0 Å². The minimum absolute atomic E-state index is 0.132. The van der Waals surface area contributed by atoms with Crippen molar-refractivity contribution in [1.82, 2.24) is 9.03 Å². The molecule has 6 nitrogen and oxygen atoms in total. The van der Waals surface area contributed by atoms with Crippen molar-refractivity contribution in [2.24, 2.45) is 5.92 Å². The van der Waals surface area contributed by atoms with Gasteiger partial charge in [-0.3, -0.25) is 4.79 Å². The Morgan fingerprint density at radius 1 is 1.56 bits per heavy atom. The second-order valence-electron chi connectivity index (χ2n) is 3.61. The van der Waals surface area contributed by atoms with Gasteiger partial charge in [-0.2, -0.15) is 12.7 Å². The Balaban J connectivity index is 4.63. The fourth-order valence-corrected chi connectivity index (χ4v) is 2.09. The molecule has 92 valence electrons. The van der Waals surface area contributed by atoms with E-state index in [0.29, 0.717) is 4.31 Å². The minimum Gasteiger partial charge on any atom is -0.480 e. The summed E-state index contributed by atoms with van der Waals surface area (Å²) in [5, 5.41) is 8.55. The van der Waals surface area contributed by atoms with Crippen molar-refractivity contribution in [3.05, 3.63) is 0 Å². The lowest BCUT2D eigenvalue weighted by atomic mass is 10.2. The Labute approximate surface area is 95.8 Å². The number of hydrogen-bond donors (Lipinski definition) is 2. The molecule has 0 heterocycles. The van der Waals surface area contributed by atoms with E-state index in [2.05, 4.69) is 10.6 Å². The first kappa shape index (κ1) is 14.9. The van der Waals surface area contributed by atoms with Gasteiger partial charge in [-0.15, -0.1) is 6.42 Å². The zero-order valence-corrected chi connectivity index (χ0v) is 10.1. The van der Waals surface area contributed by atoms with Crippen molar-refractivity contribution in [2.45, 2.75) is 13.8 Å². The lowest BCUT2D eigenvalue weighted by molar-refractivity contribution is -0.137. The molecular weight excluding hydrogens is 232 g/mol. The van der Waals surface area contributed by atoms with E-state index in [1.54, 1.807) is 0 Å². The van der Waals surface area contributed by atoms with E-state index in [1.807, 2.05) is 13.8 Å².